The highest BCUT2D eigenvalue weighted by Crippen LogP contribution is 2.35. The highest BCUT2D eigenvalue weighted by molar-refractivity contribution is 5.90. The maximum absolute atomic E-state index is 4.92. The Morgan fingerprint density at radius 2 is 1.78 bits per heavy atom. The molecule has 0 spiro atoms. The van der Waals surface area contributed by atoms with Crippen LogP contribution in [-0.2, 0) is 6.54 Å². The van der Waals surface area contributed by atoms with Gasteiger partial charge in [0.05, 0.1) is 11.0 Å². The number of para-hydroxylation sites is 1. The predicted molar refractivity (Wildman–Crippen MR) is 97.2 cm³/mol. The van der Waals surface area contributed by atoms with Crippen LogP contribution in [-0.4, -0.2) is 9.55 Å². The van der Waals surface area contributed by atoms with Gasteiger partial charge >= 0.3 is 0 Å². The molecule has 0 saturated heterocycles. The fourth-order valence-corrected chi connectivity index (χ4v) is 3.55. The van der Waals surface area contributed by atoms with E-state index in [2.05, 4.69) is 79.9 Å². The first kappa shape index (κ1) is 14.3. The zero-order chi connectivity index (χ0) is 16.0. The Kier molecular flexibility index (Phi) is 3.15. The van der Waals surface area contributed by atoms with E-state index >= 15 is 0 Å². The number of allylic oxidation sites excluding steroid dienone is 1. The number of rotatable bonds is 2. The fraction of sp³-hybridized carbons (Fsp3) is 0.286. The lowest BCUT2D eigenvalue weighted by atomic mass is 9.86. The smallest absolute Gasteiger partial charge is 0.141 e. The number of hydrogen-bond donors (Lipinski definition) is 0. The van der Waals surface area contributed by atoms with Crippen LogP contribution in [0.4, 0.5) is 0 Å². The molecule has 0 amide bonds. The van der Waals surface area contributed by atoms with Crippen molar-refractivity contribution in [3.05, 3.63) is 59.7 Å². The Morgan fingerprint density at radius 1 is 1.00 bits per heavy atom. The van der Waals surface area contributed by atoms with Crippen LogP contribution in [0.25, 0.3) is 28.5 Å². The molecular formula is C21H22N2. The predicted octanol–water partition coefficient (Wildman–Crippen LogP) is 5.54. The summed E-state index contributed by atoms with van der Waals surface area (Å²) < 4.78 is 2.39. The first-order chi connectivity index (χ1) is 11.0. The Bertz CT molecular complexity index is 893. The van der Waals surface area contributed by atoms with Crippen LogP contribution in [0.2, 0.25) is 0 Å². The van der Waals surface area contributed by atoms with Crippen molar-refractivity contribution >= 4 is 17.1 Å². The molecule has 0 unspecified atom stereocenters. The average Bonchev–Trinajstić information content (AvgIpc) is 2.87. The van der Waals surface area contributed by atoms with Crippen molar-refractivity contribution in [1.82, 2.24) is 9.55 Å². The van der Waals surface area contributed by atoms with Crippen molar-refractivity contribution in [2.24, 2.45) is 5.41 Å². The lowest BCUT2D eigenvalue weighted by molar-refractivity contribution is 0.402. The minimum Gasteiger partial charge on any atom is -0.319 e. The van der Waals surface area contributed by atoms with E-state index in [9.17, 15) is 0 Å². The molecule has 4 rings (SSSR count). The highest BCUT2D eigenvalue weighted by atomic mass is 15.1. The van der Waals surface area contributed by atoms with Crippen molar-refractivity contribution in [2.75, 3.05) is 0 Å². The van der Waals surface area contributed by atoms with E-state index < -0.39 is 0 Å². The van der Waals surface area contributed by atoms with Gasteiger partial charge in [0.1, 0.15) is 5.82 Å². The SMILES string of the molecule is CC(C)(C)CC1=Cc2cccc3nc(-c4ccccc4)n(c23)C1. The first-order valence-corrected chi connectivity index (χ1v) is 8.25. The maximum Gasteiger partial charge on any atom is 0.141 e. The van der Waals surface area contributed by atoms with Gasteiger partial charge in [-0.25, -0.2) is 4.98 Å². The number of imidazole rings is 1. The Hall–Kier alpha value is -2.35. The average molecular weight is 302 g/mol. The Labute approximate surface area is 137 Å². The molecule has 2 heteroatoms. The van der Waals surface area contributed by atoms with Crippen LogP contribution < -0.4 is 0 Å². The third-order valence-corrected chi connectivity index (χ3v) is 4.31. The third kappa shape index (κ3) is 2.59. The summed E-state index contributed by atoms with van der Waals surface area (Å²) in [4.78, 5) is 4.92. The molecule has 3 aromatic rings. The van der Waals surface area contributed by atoms with E-state index in [1.54, 1.807) is 0 Å². The molecule has 0 aliphatic carbocycles. The van der Waals surface area contributed by atoms with E-state index in [1.807, 2.05) is 0 Å². The number of benzene rings is 2. The van der Waals surface area contributed by atoms with Crippen molar-refractivity contribution < 1.29 is 0 Å². The molecule has 0 bridgehead atoms. The van der Waals surface area contributed by atoms with Gasteiger partial charge in [-0.15, -0.1) is 0 Å². The Morgan fingerprint density at radius 3 is 2.52 bits per heavy atom. The zero-order valence-corrected chi connectivity index (χ0v) is 14.0. The van der Waals surface area contributed by atoms with Crippen LogP contribution in [0.1, 0.15) is 32.8 Å². The topological polar surface area (TPSA) is 17.8 Å². The molecule has 1 aromatic heterocycles. The van der Waals surface area contributed by atoms with Crippen molar-refractivity contribution in [1.29, 1.82) is 0 Å². The lowest BCUT2D eigenvalue weighted by Crippen LogP contribution is -2.13. The number of nitrogens with zero attached hydrogens (tertiary/aromatic N) is 2. The zero-order valence-electron chi connectivity index (χ0n) is 14.0. The minimum absolute atomic E-state index is 0.296. The van der Waals surface area contributed by atoms with Gasteiger partial charge in [0, 0.05) is 17.7 Å². The van der Waals surface area contributed by atoms with Crippen molar-refractivity contribution in [3.8, 4) is 11.4 Å². The van der Waals surface area contributed by atoms with Crippen LogP contribution >= 0.6 is 0 Å². The molecule has 0 saturated carbocycles. The summed E-state index contributed by atoms with van der Waals surface area (Å²) >= 11 is 0. The lowest BCUT2D eigenvalue weighted by Gasteiger charge is -2.24. The summed E-state index contributed by atoms with van der Waals surface area (Å²) in [6.07, 6.45) is 3.47. The van der Waals surface area contributed by atoms with Crippen LogP contribution in [0.15, 0.2) is 54.1 Å². The van der Waals surface area contributed by atoms with Gasteiger partial charge in [0.15, 0.2) is 0 Å². The summed E-state index contributed by atoms with van der Waals surface area (Å²) in [5.74, 6) is 1.08. The van der Waals surface area contributed by atoms with Gasteiger partial charge in [-0.1, -0.05) is 69.3 Å². The molecule has 0 radical (unpaired) electrons. The quantitative estimate of drug-likeness (QED) is 0.608. The second kappa shape index (κ2) is 5.09. The first-order valence-electron chi connectivity index (χ1n) is 8.25. The standard InChI is InChI=1S/C21H22N2/c1-21(2,3)13-15-12-17-10-7-11-18-19(17)23(14-15)20(22-18)16-8-5-4-6-9-16/h4-12H,13-14H2,1-3H3. The summed E-state index contributed by atoms with van der Waals surface area (Å²) in [6.45, 7) is 7.84. The third-order valence-electron chi connectivity index (χ3n) is 4.31. The molecule has 116 valence electrons. The molecule has 1 aliphatic heterocycles. The maximum atomic E-state index is 4.92. The summed E-state index contributed by atoms with van der Waals surface area (Å²) in [5.41, 5.74) is 6.61. The molecule has 0 N–H and O–H groups in total. The van der Waals surface area contributed by atoms with Crippen molar-refractivity contribution in [2.45, 2.75) is 33.7 Å². The molecule has 0 fully saturated rings. The van der Waals surface area contributed by atoms with Gasteiger partial charge in [0.2, 0.25) is 0 Å². The molecule has 0 atom stereocenters. The van der Waals surface area contributed by atoms with Crippen LogP contribution in [0.5, 0.6) is 0 Å². The van der Waals surface area contributed by atoms with Gasteiger partial charge in [-0.2, -0.15) is 0 Å². The van der Waals surface area contributed by atoms with E-state index in [0.717, 1.165) is 24.3 Å². The monoisotopic (exact) mass is 302 g/mol. The molecule has 2 aromatic carbocycles. The van der Waals surface area contributed by atoms with Crippen LogP contribution in [0, 0.1) is 5.41 Å². The van der Waals surface area contributed by atoms with E-state index in [0.29, 0.717) is 5.41 Å². The number of aromatic nitrogens is 2. The molecule has 1 aliphatic rings. The van der Waals surface area contributed by atoms with E-state index in [-0.39, 0.29) is 0 Å². The Balaban J connectivity index is 1.89. The second-order valence-electron chi connectivity index (χ2n) is 7.64. The van der Waals surface area contributed by atoms with Gasteiger partial charge in [-0.05, 0) is 23.5 Å². The summed E-state index contributed by atoms with van der Waals surface area (Å²) in [7, 11) is 0. The molecule has 2 nitrogen and oxygen atoms in total. The van der Waals surface area contributed by atoms with Gasteiger partial charge < -0.3 is 4.57 Å². The highest BCUT2D eigenvalue weighted by Gasteiger charge is 2.22. The summed E-state index contributed by atoms with van der Waals surface area (Å²) in [6, 6.07) is 16.9. The van der Waals surface area contributed by atoms with Crippen LogP contribution in [0.3, 0.4) is 0 Å². The number of hydrogen-bond acceptors (Lipinski definition) is 1. The largest absolute Gasteiger partial charge is 0.319 e. The summed E-state index contributed by atoms with van der Waals surface area (Å²) in [5, 5.41) is 0. The van der Waals surface area contributed by atoms with Gasteiger partial charge in [-0.3, -0.25) is 0 Å². The second-order valence-corrected chi connectivity index (χ2v) is 7.64. The minimum atomic E-state index is 0.296. The fourth-order valence-electron chi connectivity index (χ4n) is 3.55. The molecule has 2 heterocycles. The van der Waals surface area contributed by atoms with E-state index in [4.69, 9.17) is 4.98 Å². The van der Waals surface area contributed by atoms with E-state index in [1.165, 1.54) is 22.2 Å². The normalized spacial score (nSPS) is 14.1. The molecular weight excluding hydrogens is 280 g/mol. The van der Waals surface area contributed by atoms with Crippen molar-refractivity contribution in [3.63, 3.8) is 0 Å². The van der Waals surface area contributed by atoms with Gasteiger partial charge in [0.25, 0.3) is 0 Å². The molecule has 23 heavy (non-hydrogen) atoms.